The predicted octanol–water partition coefficient (Wildman–Crippen LogP) is 4.83. The van der Waals surface area contributed by atoms with Crippen LogP contribution in [0.2, 0.25) is 0 Å². The normalized spacial score (nSPS) is 15.9. The minimum Gasteiger partial charge on any atom is -0.324 e. The van der Waals surface area contributed by atoms with Crippen LogP contribution in [0.25, 0.3) is 0 Å². The van der Waals surface area contributed by atoms with Gasteiger partial charge in [0.1, 0.15) is 0 Å². The van der Waals surface area contributed by atoms with Gasteiger partial charge in [0.25, 0.3) is 5.91 Å². The van der Waals surface area contributed by atoms with E-state index in [0.29, 0.717) is 11.3 Å². The number of amides is 1. The number of halogens is 3. The molecule has 0 fully saturated rings. The molecule has 1 aliphatic rings. The number of carbonyl (C=O) groups excluding carboxylic acids is 1. The average Bonchev–Trinajstić information content (AvgIpc) is 3.03. The van der Waals surface area contributed by atoms with Gasteiger partial charge < -0.3 is 10.2 Å². The third-order valence-corrected chi connectivity index (χ3v) is 4.79. The number of anilines is 3. The number of fused-ring (bicyclic) bond motifs is 1. The molecule has 3 aromatic rings. The highest BCUT2D eigenvalue weighted by Gasteiger charge is 2.32. The monoisotopic (exact) mass is 398 g/mol. The second-order valence-corrected chi connectivity index (χ2v) is 6.85. The van der Waals surface area contributed by atoms with E-state index in [9.17, 15) is 18.0 Å². The number of alkyl halides is 3. The molecule has 1 unspecified atom stereocenters. The molecule has 4 rings (SSSR count). The van der Waals surface area contributed by atoms with E-state index in [1.807, 2.05) is 31.2 Å². The Balaban J connectivity index is 1.49. The van der Waals surface area contributed by atoms with E-state index in [4.69, 9.17) is 0 Å². The van der Waals surface area contributed by atoms with Crippen molar-refractivity contribution in [2.75, 3.05) is 10.2 Å². The maximum atomic E-state index is 12.9. The Labute approximate surface area is 165 Å². The van der Waals surface area contributed by atoms with E-state index in [2.05, 4.69) is 15.3 Å². The molecule has 8 heteroatoms. The highest BCUT2D eigenvalue weighted by Crippen LogP contribution is 2.33. The maximum Gasteiger partial charge on any atom is 0.416 e. The van der Waals surface area contributed by atoms with Gasteiger partial charge in [0.2, 0.25) is 5.95 Å². The summed E-state index contributed by atoms with van der Waals surface area (Å²) in [6, 6.07) is 12.4. The Morgan fingerprint density at radius 1 is 1.07 bits per heavy atom. The van der Waals surface area contributed by atoms with Gasteiger partial charge in [0, 0.05) is 29.8 Å². The Bertz CT molecular complexity index is 1030. The van der Waals surface area contributed by atoms with Gasteiger partial charge in [-0.25, -0.2) is 9.97 Å². The summed E-state index contributed by atoms with van der Waals surface area (Å²) in [5.41, 5.74) is 2.03. The van der Waals surface area contributed by atoms with Crippen LogP contribution in [0.5, 0.6) is 0 Å². The molecule has 0 aliphatic carbocycles. The summed E-state index contributed by atoms with van der Waals surface area (Å²) in [7, 11) is 0. The lowest BCUT2D eigenvalue weighted by Gasteiger charge is -2.22. The van der Waals surface area contributed by atoms with Crippen LogP contribution in [0, 0.1) is 0 Å². The Morgan fingerprint density at radius 2 is 1.72 bits per heavy atom. The average molecular weight is 398 g/mol. The van der Waals surface area contributed by atoms with E-state index in [1.54, 1.807) is 4.90 Å². The topological polar surface area (TPSA) is 58.1 Å². The van der Waals surface area contributed by atoms with Crippen LogP contribution in [-0.4, -0.2) is 21.9 Å². The summed E-state index contributed by atoms with van der Waals surface area (Å²) >= 11 is 0. The molecular formula is C21H17F3N4O. The van der Waals surface area contributed by atoms with E-state index in [1.165, 1.54) is 24.5 Å². The first kappa shape index (κ1) is 18.9. The van der Waals surface area contributed by atoms with Crippen molar-refractivity contribution in [1.82, 2.24) is 9.97 Å². The van der Waals surface area contributed by atoms with Gasteiger partial charge in [0.05, 0.1) is 11.1 Å². The summed E-state index contributed by atoms with van der Waals surface area (Å²) in [5, 5.41) is 2.83. The van der Waals surface area contributed by atoms with Gasteiger partial charge in [-0.3, -0.25) is 4.79 Å². The van der Waals surface area contributed by atoms with Crippen molar-refractivity contribution in [3.63, 3.8) is 0 Å². The lowest BCUT2D eigenvalue weighted by atomic mass is 10.1. The molecular weight excluding hydrogens is 381 g/mol. The highest BCUT2D eigenvalue weighted by molar-refractivity contribution is 6.07. The summed E-state index contributed by atoms with van der Waals surface area (Å²) < 4.78 is 37.9. The zero-order valence-corrected chi connectivity index (χ0v) is 15.4. The summed E-state index contributed by atoms with van der Waals surface area (Å²) in [6.07, 6.45) is -0.774. The fraction of sp³-hybridized carbons (Fsp3) is 0.190. The van der Waals surface area contributed by atoms with E-state index >= 15 is 0 Å². The van der Waals surface area contributed by atoms with Gasteiger partial charge in [0.15, 0.2) is 0 Å². The molecule has 29 heavy (non-hydrogen) atoms. The van der Waals surface area contributed by atoms with Crippen LogP contribution in [0.3, 0.4) is 0 Å². The molecule has 1 atom stereocenters. The number of carbonyl (C=O) groups is 1. The number of hydrogen-bond donors (Lipinski definition) is 1. The third kappa shape index (κ3) is 3.78. The van der Waals surface area contributed by atoms with Crippen molar-refractivity contribution in [2.45, 2.75) is 25.6 Å². The maximum absolute atomic E-state index is 12.9. The number of aromatic nitrogens is 2. The molecule has 0 spiro atoms. The minimum atomic E-state index is -4.39. The van der Waals surface area contributed by atoms with Gasteiger partial charge >= 0.3 is 6.18 Å². The number of benzene rings is 2. The summed E-state index contributed by atoms with van der Waals surface area (Å²) in [5.74, 6) is -0.000269. The van der Waals surface area contributed by atoms with Crippen molar-refractivity contribution in [1.29, 1.82) is 0 Å². The van der Waals surface area contributed by atoms with Gasteiger partial charge in [-0.05, 0) is 49.2 Å². The number of nitrogens with one attached hydrogen (secondary N) is 1. The number of para-hydroxylation sites is 1. The van der Waals surface area contributed by atoms with Crippen LogP contribution < -0.4 is 10.2 Å². The Morgan fingerprint density at radius 3 is 2.38 bits per heavy atom. The molecule has 0 radical (unpaired) electrons. The van der Waals surface area contributed by atoms with Crippen molar-refractivity contribution in [3.8, 4) is 0 Å². The molecule has 0 bridgehead atoms. The lowest BCUT2D eigenvalue weighted by Crippen LogP contribution is -2.35. The van der Waals surface area contributed by atoms with E-state index < -0.39 is 11.7 Å². The molecule has 1 amide bonds. The first-order valence-electron chi connectivity index (χ1n) is 9.01. The second kappa shape index (κ2) is 7.20. The predicted molar refractivity (Wildman–Crippen MR) is 103 cm³/mol. The smallest absolute Gasteiger partial charge is 0.324 e. The van der Waals surface area contributed by atoms with Crippen LogP contribution in [-0.2, 0) is 12.6 Å². The van der Waals surface area contributed by atoms with Crippen molar-refractivity contribution in [2.24, 2.45) is 0 Å². The van der Waals surface area contributed by atoms with Gasteiger partial charge in [-0.1, -0.05) is 18.2 Å². The van der Waals surface area contributed by atoms with Crippen molar-refractivity contribution in [3.05, 3.63) is 77.6 Å². The zero-order chi connectivity index (χ0) is 20.6. The molecule has 5 nitrogen and oxygen atoms in total. The summed E-state index contributed by atoms with van der Waals surface area (Å²) in [4.78, 5) is 22.9. The standard InChI is InChI=1S/C21H17F3N4O/c1-13-10-14-4-2-3-5-18(14)28(13)19(29)15-11-25-20(26-12-15)27-17-8-6-16(7-9-17)21(22,23)24/h2-9,11-13H,10H2,1H3,(H,25,26,27). The molecule has 1 N–H and O–H groups in total. The first-order valence-corrected chi connectivity index (χ1v) is 9.01. The fourth-order valence-corrected chi connectivity index (χ4v) is 3.39. The van der Waals surface area contributed by atoms with Crippen molar-refractivity contribution >= 4 is 23.2 Å². The molecule has 1 aromatic heterocycles. The SMILES string of the molecule is CC1Cc2ccccc2N1C(=O)c1cnc(Nc2ccc(C(F)(F)F)cc2)nc1. The molecule has 0 saturated heterocycles. The Hall–Kier alpha value is -3.42. The van der Waals surface area contributed by atoms with E-state index in [0.717, 1.165) is 29.8 Å². The number of rotatable bonds is 3. The fourth-order valence-electron chi connectivity index (χ4n) is 3.39. The zero-order valence-electron chi connectivity index (χ0n) is 15.4. The van der Waals surface area contributed by atoms with Gasteiger partial charge in [-0.15, -0.1) is 0 Å². The quantitative estimate of drug-likeness (QED) is 0.687. The highest BCUT2D eigenvalue weighted by atomic mass is 19.4. The van der Waals surface area contributed by atoms with Crippen molar-refractivity contribution < 1.29 is 18.0 Å². The van der Waals surface area contributed by atoms with Crippen LogP contribution in [0.4, 0.5) is 30.5 Å². The third-order valence-electron chi connectivity index (χ3n) is 4.79. The minimum absolute atomic E-state index is 0.0323. The van der Waals surface area contributed by atoms with Crippen LogP contribution in [0.1, 0.15) is 28.4 Å². The molecule has 148 valence electrons. The molecule has 1 aliphatic heterocycles. The second-order valence-electron chi connectivity index (χ2n) is 6.85. The first-order chi connectivity index (χ1) is 13.8. The lowest BCUT2D eigenvalue weighted by molar-refractivity contribution is -0.137. The molecule has 2 heterocycles. The van der Waals surface area contributed by atoms with Gasteiger partial charge in [-0.2, -0.15) is 13.2 Å². The Kier molecular flexibility index (Phi) is 4.70. The largest absolute Gasteiger partial charge is 0.416 e. The number of hydrogen-bond acceptors (Lipinski definition) is 4. The van der Waals surface area contributed by atoms with Crippen LogP contribution >= 0.6 is 0 Å². The molecule has 0 saturated carbocycles. The molecule has 2 aromatic carbocycles. The van der Waals surface area contributed by atoms with Crippen LogP contribution in [0.15, 0.2) is 60.9 Å². The number of nitrogens with zero attached hydrogens (tertiary/aromatic N) is 3. The summed E-state index contributed by atoms with van der Waals surface area (Å²) in [6.45, 7) is 1.99. The van der Waals surface area contributed by atoms with E-state index in [-0.39, 0.29) is 17.9 Å².